The highest BCUT2D eigenvalue weighted by Crippen LogP contribution is 2.48. The van der Waals surface area contributed by atoms with Crippen molar-refractivity contribution in [3.05, 3.63) is 80.2 Å². The molecule has 24 heteroatoms. The number of aliphatic hydroxyl groups excluding tert-OH is 2. The molecule has 5 heterocycles. The normalized spacial score (nSPS) is 28.9. The zero-order chi connectivity index (χ0) is 51.9. The van der Waals surface area contributed by atoms with E-state index in [4.69, 9.17) is 35.4 Å². The second-order valence-corrected chi connectivity index (χ2v) is 22.4. The number of azide groups is 1. The van der Waals surface area contributed by atoms with Crippen LogP contribution in [0.1, 0.15) is 95.5 Å². The number of anilines is 1. The van der Waals surface area contributed by atoms with Gasteiger partial charge in [0.2, 0.25) is 21.8 Å². The largest absolute Gasteiger partial charge is 0.496 e. The lowest BCUT2D eigenvalue weighted by Crippen LogP contribution is -2.54. The number of carbonyl (C=O) groups excluding carboxylic acids is 3. The molecule has 2 aliphatic heterocycles. The van der Waals surface area contributed by atoms with Crippen molar-refractivity contribution in [2.45, 2.75) is 120 Å². The van der Waals surface area contributed by atoms with Crippen molar-refractivity contribution in [2.24, 2.45) is 28.8 Å². The summed E-state index contributed by atoms with van der Waals surface area (Å²) in [5.74, 6) is -2.17. The van der Waals surface area contributed by atoms with Gasteiger partial charge < -0.3 is 40.4 Å². The number of nitrogens with one attached hydrogen (secondary N) is 2. The fourth-order valence-electron chi connectivity index (χ4n) is 9.75. The van der Waals surface area contributed by atoms with E-state index in [0.717, 1.165) is 45.5 Å². The topological polar surface area (TPSA) is 316 Å². The van der Waals surface area contributed by atoms with Gasteiger partial charge in [-0.15, -0.1) is 11.3 Å². The number of hydrogen-bond donors (Lipinski definition) is 5. The van der Waals surface area contributed by atoms with Crippen molar-refractivity contribution in [1.82, 2.24) is 34.5 Å². The van der Waals surface area contributed by atoms with E-state index in [-0.39, 0.29) is 36.4 Å². The highest BCUT2D eigenvalue weighted by molar-refractivity contribution is 7.91. The maximum absolute atomic E-state index is 14.3. The number of benzene rings is 1. The van der Waals surface area contributed by atoms with Gasteiger partial charge in [0.25, 0.3) is 5.91 Å². The van der Waals surface area contributed by atoms with Gasteiger partial charge in [-0.1, -0.05) is 38.0 Å². The molecule has 4 fully saturated rings. The molecule has 0 unspecified atom stereocenters. The lowest BCUT2D eigenvalue weighted by molar-refractivity contribution is -0.140. The maximum Gasteiger partial charge on any atom is 0.351 e. The van der Waals surface area contributed by atoms with Crippen molar-refractivity contribution in [1.29, 1.82) is 0 Å². The number of sulfonamides is 1. The summed E-state index contributed by atoms with van der Waals surface area (Å²) in [7, 11) is -0.445. The van der Waals surface area contributed by atoms with Crippen LogP contribution in [0.5, 0.6) is 11.5 Å². The molecule has 5 aliphatic rings. The van der Waals surface area contributed by atoms with Crippen LogP contribution in [0.2, 0.25) is 0 Å². The predicted molar refractivity (Wildman–Crippen MR) is 266 cm³/mol. The smallest absolute Gasteiger partial charge is 0.351 e. The van der Waals surface area contributed by atoms with Gasteiger partial charge in [-0.3, -0.25) is 23.7 Å². The van der Waals surface area contributed by atoms with Crippen LogP contribution in [0.15, 0.2) is 57.9 Å². The van der Waals surface area contributed by atoms with Crippen molar-refractivity contribution in [2.75, 3.05) is 33.0 Å². The van der Waals surface area contributed by atoms with Crippen LogP contribution >= 0.6 is 11.3 Å². The highest BCUT2D eigenvalue weighted by atomic mass is 32.2. The number of fused-ring (bicyclic) bond motifs is 3. The van der Waals surface area contributed by atoms with E-state index >= 15 is 0 Å². The summed E-state index contributed by atoms with van der Waals surface area (Å²) >= 11 is 1.51. The zero-order valence-corrected chi connectivity index (χ0v) is 42.6. The lowest BCUT2D eigenvalue weighted by atomic mass is 9.93. The molecule has 9 atom stereocenters. The Morgan fingerprint density at radius 3 is 2.56 bits per heavy atom. The third-order valence-corrected chi connectivity index (χ3v) is 17.0. The molecule has 9 rings (SSSR count). The monoisotopic (exact) mass is 1030 g/mol. The van der Waals surface area contributed by atoms with E-state index in [2.05, 4.69) is 38.9 Å². The summed E-state index contributed by atoms with van der Waals surface area (Å²) in [5, 5.41) is 28.7. The maximum atomic E-state index is 14.3. The Balaban J connectivity index is 0.000000290. The predicted octanol–water partition coefficient (Wildman–Crippen LogP) is 4.60. The Hall–Kier alpha value is -6.17. The molecule has 0 radical (unpaired) electrons. The first-order valence-corrected chi connectivity index (χ1v) is 26.5. The molecule has 3 aliphatic carbocycles. The van der Waals surface area contributed by atoms with E-state index in [9.17, 15) is 37.8 Å². The van der Waals surface area contributed by atoms with Gasteiger partial charge >= 0.3 is 5.69 Å². The Kier molecular flexibility index (Phi) is 15.0. The minimum Gasteiger partial charge on any atom is -0.496 e. The Morgan fingerprint density at radius 1 is 1.14 bits per heavy atom. The van der Waals surface area contributed by atoms with Crippen molar-refractivity contribution in [3.8, 4) is 22.2 Å². The third-order valence-electron chi connectivity index (χ3n) is 14.3. The quantitative estimate of drug-likeness (QED) is 0.0593. The molecule has 3 amide bonds. The number of pyridine rings is 1. The number of hydrogen-bond acceptors (Lipinski definition) is 17. The molecule has 72 heavy (non-hydrogen) atoms. The average molecular weight is 1030 g/mol. The van der Waals surface area contributed by atoms with Crippen LogP contribution < -0.4 is 30.9 Å². The van der Waals surface area contributed by atoms with Gasteiger partial charge in [0.05, 0.1) is 48.1 Å². The minimum atomic E-state index is -3.83. The van der Waals surface area contributed by atoms with Gasteiger partial charge in [-0.25, -0.2) is 23.2 Å². The van der Waals surface area contributed by atoms with Gasteiger partial charge in [-0.05, 0) is 87.9 Å². The van der Waals surface area contributed by atoms with E-state index in [1.54, 1.807) is 26.0 Å². The van der Waals surface area contributed by atoms with Gasteiger partial charge in [-0.2, -0.15) is 4.98 Å². The average Bonchev–Trinajstić information content (AvgIpc) is 4.20. The summed E-state index contributed by atoms with van der Waals surface area (Å²) < 4.78 is 46.8. The first kappa shape index (κ1) is 52.2. The molecule has 6 N–H and O–H groups in total. The number of thiazole rings is 1. The number of nitrogen functional groups attached to an aromatic ring is 1. The SMILES string of the molecule is COc1ccc2c(O[C@@H]3C[C@H]4C(=O)N[C@]5(C(=O)NS(=O)(=O)C6CC6)C[C@H]5/C=C\CCCCN(C)C(=O)[C@@H]4C3)cc(-c3nc(C(C)C)cs3)nc2c1C.C[C@@H]1[C@H](n2ccc(N)nc2=O)O[C@@](CO)(N=[N+]=[N-])[C@H]1O. The van der Waals surface area contributed by atoms with Crippen LogP contribution in [0.3, 0.4) is 0 Å². The fourth-order valence-corrected chi connectivity index (χ4v) is 12.1. The van der Waals surface area contributed by atoms with Crippen molar-refractivity contribution >= 4 is 55.8 Å². The molecule has 22 nitrogen and oxygen atoms in total. The van der Waals surface area contributed by atoms with Crippen molar-refractivity contribution in [3.63, 3.8) is 0 Å². The Morgan fingerprint density at radius 2 is 1.89 bits per heavy atom. The second-order valence-electron chi connectivity index (χ2n) is 19.6. The third kappa shape index (κ3) is 10.4. The molecule has 386 valence electrons. The minimum absolute atomic E-state index is 0.0564. The molecule has 0 spiro atoms. The number of ether oxygens (including phenoxy) is 3. The summed E-state index contributed by atoms with van der Waals surface area (Å²) in [6.07, 6.45) is 6.78. The van der Waals surface area contributed by atoms with Gasteiger partial charge in [0.15, 0.2) is 5.72 Å². The summed E-state index contributed by atoms with van der Waals surface area (Å²) in [5.41, 5.74) is 13.2. The second kappa shape index (κ2) is 20.7. The molecule has 0 bridgehead atoms. The number of nitrogens with two attached hydrogens (primary N) is 1. The van der Waals surface area contributed by atoms with Gasteiger partial charge in [0.1, 0.15) is 45.9 Å². The first-order chi connectivity index (χ1) is 34.3. The number of amides is 3. The highest BCUT2D eigenvalue weighted by Gasteiger charge is 2.62. The summed E-state index contributed by atoms with van der Waals surface area (Å²) in [6, 6.07) is 7.06. The molecule has 4 aromatic rings. The lowest BCUT2D eigenvalue weighted by Gasteiger charge is -2.26. The fraction of sp³-hybridized carbons (Fsp3) is 0.562. The molecule has 1 saturated heterocycles. The Bertz CT molecular complexity index is 2990. The van der Waals surface area contributed by atoms with Crippen LogP contribution in [0.25, 0.3) is 32.0 Å². The number of aryl methyl sites for hydroxylation is 1. The molecule has 1 aromatic carbocycles. The first-order valence-electron chi connectivity index (χ1n) is 24.0. The molecule has 3 aromatic heterocycles. The summed E-state index contributed by atoms with van der Waals surface area (Å²) in [6.45, 7) is 7.58. The molecular weight excluding hydrogens is 971 g/mol. The number of allylic oxidation sites excluding steroid dienone is 1. The van der Waals surface area contributed by atoms with Crippen LogP contribution in [-0.4, -0.2) is 117 Å². The number of rotatable bonds is 11. The molecular formula is C48H61N11O11S2. The number of aliphatic hydroxyl groups is 2. The number of methoxy groups -OCH3 is 1. The standard InChI is InChI=1S/C38H47N5O7S2.C10H14N6O4/c1-21(2)30-20-51-35(40-30)29-18-32(26-13-14-31(49-5)22(3)33(26)39-29)50-24-16-27-28(17-24)36(45)43(4)15-9-7-6-8-10-23-19-38(23,41-34(27)44)37(46)42-52(47,48)25-11-12-25;1-5-7(18)10(4-17,14-15-12)20-8(5)16-3-2-6(11)13-9(16)19/h8,10,13-14,18,20-21,23-25,27-28H,6-7,9,11-12,15-17,19H2,1-5H3,(H,41,44)(H,42,46);2-3,5,7-8,17-18H,4H2,1H3,(H2,11,13,19)/b10-8-;/t23-,24-,27-,28-,38-;5-,7-,8+,10+/m10/s1. The summed E-state index contributed by atoms with van der Waals surface area (Å²) in [4.78, 5) is 71.4. The molecule has 3 saturated carbocycles. The van der Waals surface area contributed by atoms with Crippen LogP contribution in [-0.2, 0) is 29.1 Å². The number of carbonyl (C=O) groups is 3. The van der Waals surface area contributed by atoms with Crippen LogP contribution in [0, 0.1) is 30.6 Å². The zero-order valence-electron chi connectivity index (χ0n) is 40.9. The van der Waals surface area contributed by atoms with Crippen molar-refractivity contribution < 1.29 is 47.2 Å². The van der Waals surface area contributed by atoms with E-state index < -0.39 is 86.8 Å². The van der Waals surface area contributed by atoms with Gasteiger partial charge in [0, 0.05) is 58.9 Å². The van der Waals surface area contributed by atoms with E-state index in [1.165, 1.54) is 23.6 Å². The van der Waals surface area contributed by atoms with E-state index in [0.29, 0.717) is 48.5 Å². The number of nitrogens with zero attached hydrogens (tertiary/aromatic N) is 8. The van der Waals surface area contributed by atoms with Crippen LogP contribution in [0.4, 0.5) is 5.82 Å². The number of aromatic nitrogens is 4. The Labute approximate surface area is 420 Å². The van der Waals surface area contributed by atoms with E-state index in [1.807, 2.05) is 42.7 Å².